The highest BCUT2D eigenvalue weighted by molar-refractivity contribution is 7.80. The first-order valence-corrected chi connectivity index (χ1v) is 6.81. The van der Waals surface area contributed by atoms with Crippen molar-refractivity contribution in [1.82, 2.24) is 0 Å². The molecule has 2 rings (SSSR count). The molecule has 2 N–H and O–H groups in total. The number of nitrogens with two attached hydrogens (primary N) is 1. The number of halogens is 1. The largest absolute Gasteiger partial charge is 0.489 e. The molecule has 20 heavy (non-hydrogen) atoms. The van der Waals surface area contributed by atoms with E-state index < -0.39 is 0 Å². The topological polar surface area (TPSA) is 35.2 Å². The van der Waals surface area contributed by atoms with Crippen LogP contribution in [0.1, 0.15) is 23.6 Å². The van der Waals surface area contributed by atoms with Crippen LogP contribution in [0.15, 0.2) is 42.5 Å². The monoisotopic (exact) mass is 289 g/mol. The molecule has 0 saturated heterocycles. The van der Waals surface area contributed by atoms with Crippen LogP contribution in [0.3, 0.4) is 0 Å². The van der Waals surface area contributed by atoms with Crippen LogP contribution in [0.2, 0.25) is 0 Å². The van der Waals surface area contributed by atoms with Gasteiger partial charge in [-0.15, -0.1) is 0 Å². The molecule has 0 aliphatic carbocycles. The third-order valence-electron chi connectivity index (χ3n) is 3.06. The van der Waals surface area contributed by atoms with Gasteiger partial charge in [0.05, 0.1) is 0 Å². The number of benzene rings is 2. The van der Waals surface area contributed by atoms with Crippen molar-refractivity contribution in [3.05, 3.63) is 65.0 Å². The van der Waals surface area contributed by atoms with Crippen molar-refractivity contribution >= 4 is 17.2 Å². The molecule has 2 nitrogen and oxygen atoms in total. The fourth-order valence-corrected chi connectivity index (χ4v) is 1.93. The lowest BCUT2D eigenvalue weighted by Gasteiger charge is -2.09. The van der Waals surface area contributed by atoms with Crippen LogP contribution in [-0.2, 0) is 13.0 Å². The van der Waals surface area contributed by atoms with Crippen molar-refractivity contribution in [2.45, 2.75) is 20.0 Å². The first-order valence-electron chi connectivity index (χ1n) is 6.40. The molecule has 2 aromatic carbocycles. The van der Waals surface area contributed by atoms with E-state index in [1.807, 2.05) is 24.3 Å². The van der Waals surface area contributed by atoms with Gasteiger partial charge in [-0.05, 0) is 30.2 Å². The average molecular weight is 289 g/mol. The second-order valence-electron chi connectivity index (χ2n) is 4.46. The standard InChI is InChI=1S/C16H16FNOS/c1-2-11-3-7-14(8-4-11)19-10-13-6-5-12(16(18)20)9-15(13)17/h3-9H,2,10H2,1H3,(H2,18,20). The van der Waals surface area contributed by atoms with Gasteiger partial charge in [0, 0.05) is 11.1 Å². The van der Waals surface area contributed by atoms with Crippen LogP contribution in [-0.4, -0.2) is 4.99 Å². The molecule has 0 bridgehead atoms. The maximum Gasteiger partial charge on any atom is 0.130 e. The second-order valence-corrected chi connectivity index (χ2v) is 4.90. The third-order valence-corrected chi connectivity index (χ3v) is 3.30. The summed E-state index contributed by atoms with van der Waals surface area (Å²) < 4.78 is 19.4. The van der Waals surface area contributed by atoms with E-state index >= 15 is 0 Å². The Morgan fingerprint density at radius 2 is 1.90 bits per heavy atom. The molecule has 0 aliphatic heterocycles. The van der Waals surface area contributed by atoms with E-state index in [9.17, 15) is 4.39 Å². The van der Waals surface area contributed by atoms with Gasteiger partial charge in [-0.2, -0.15) is 0 Å². The van der Waals surface area contributed by atoms with E-state index in [4.69, 9.17) is 22.7 Å². The van der Waals surface area contributed by atoms with Gasteiger partial charge in [0.2, 0.25) is 0 Å². The van der Waals surface area contributed by atoms with Gasteiger partial charge in [-0.3, -0.25) is 0 Å². The van der Waals surface area contributed by atoms with Gasteiger partial charge < -0.3 is 10.5 Å². The van der Waals surface area contributed by atoms with Gasteiger partial charge in [0.25, 0.3) is 0 Å². The molecule has 0 radical (unpaired) electrons. The summed E-state index contributed by atoms with van der Waals surface area (Å²) in [6.45, 7) is 2.27. The third kappa shape index (κ3) is 3.54. The molecular weight excluding hydrogens is 273 g/mol. The van der Waals surface area contributed by atoms with Crippen molar-refractivity contribution in [3.8, 4) is 5.75 Å². The van der Waals surface area contributed by atoms with Crippen molar-refractivity contribution < 1.29 is 9.13 Å². The number of aryl methyl sites for hydroxylation is 1. The van der Waals surface area contributed by atoms with Crippen molar-refractivity contribution in [2.75, 3.05) is 0 Å². The van der Waals surface area contributed by atoms with Crippen LogP contribution >= 0.6 is 12.2 Å². The summed E-state index contributed by atoms with van der Waals surface area (Å²) in [5.74, 6) is 0.362. The zero-order valence-corrected chi connectivity index (χ0v) is 12.0. The van der Waals surface area contributed by atoms with Crippen LogP contribution in [0.5, 0.6) is 5.75 Å². The summed E-state index contributed by atoms with van der Waals surface area (Å²) in [5.41, 5.74) is 7.70. The summed E-state index contributed by atoms with van der Waals surface area (Å²) in [6.07, 6.45) is 0.982. The van der Waals surface area contributed by atoms with E-state index in [0.717, 1.165) is 12.2 Å². The van der Waals surface area contributed by atoms with E-state index in [2.05, 4.69) is 6.92 Å². The Labute approximate surface area is 123 Å². The Kier molecular flexibility index (Phi) is 4.69. The summed E-state index contributed by atoms with van der Waals surface area (Å²) in [6, 6.07) is 12.5. The first-order chi connectivity index (χ1) is 9.60. The fourth-order valence-electron chi connectivity index (χ4n) is 1.80. The highest BCUT2D eigenvalue weighted by Crippen LogP contribution is 2.16. The molecule has 4 heteroatoms. The highest BCUT2D eigenvalue weighted by atomic mass is 32.1. The molecule has 0 unspecified atom stereocenters. The second kappa shape index (κ2) is 6.48. The first kappa shape index (κ1) is 14.5. The van der Waals surface area contributed by atoms with Gasteiger partial charge in [-0.1, -0.05) is 43.4 Å². The summed E-state index contributed by atoms with van der Waals surface area (Å²) in [5, 5.41) is 0. The Morgan fingerprint density at radius 1 is 1.20 bits per heavy atom. The molecule has 0 spiro atoms. The molecular formula is C16H16FNOS. The number of thiocarbonyl (C=S) groups is 1. The molecule has 0 atom stereocenters. The minimum Gasteiger partial charge on any atom is -0.489 e. The quantitative estimate of drug-likeness (QED) is 0.854. The van der Waals surface area contributed by atoms with E-state index in [0.29, 0.717) is 11.1 Å². The predicted octanol–water partition coefficient (Wildman–Crippen LogP) is 3.60. The molecule has 0 amide bonds. The minimum atomic E-state index is -0.361. The van der Waals surface area contributed by atoms with Crippen molar-refractivity contribution in [1.29, 1.82) is 0 Å². The number of hydrogen-bond acceptors (Lipinski definition) is 2. The van der Waals surface area contributed by atoms with Crippen molar-refractivity contribution in [3.63, 3.8) is 0 Å². The fraction of sp³-hybridized carbons (Fsp3) is 0.188. The summed E-state index contributed by atoms with van der Waals surface area (Å²) >= 11 is 4.81. The lowest BCUT2D eigenvalue weighted by molar-refractivity contribution is 0.300. The van der Waals surface area contributed by atoms with Gasteiger partial charge in [0.1, 0.15) is 23.2 Å². The van der Waals surface area contributed by atoms with Gasteiger partial charge >= 0.3 is 0 Å². The van der Waals surface area contributed by atoms with E-state index in [1.54, 1.807) is 12.1 Å². The Morgan fingerprint density at radius 3 is 2.45 bits per heavy atom. The molecule has 2 aromatic rings. The zero-order chi connectivity index (χ0) is 14.5. The molecule has 0 aliphatic rings. The number of rotatable bonds is 5. The highest BCUT2D eigenvalue weighted by Gasteiger charge is 2.06. The van der Waals surface area contributed by atoms with Crippen LogP contribution in [0.4, 0.5) is 4.39 Å². The Bertz CT molecular complexity index is 610. The lowest BCUT2D eigenvalue weighted by Crippen LogP contribution is -2.10. The molecule has 104 valence electrons. The normalized spacial score (nSPS) is 10.3. The molecule has 0 heterocycles. The number of ether oxygens (including phenoxy) is 1. The van der Waals surface area contributed by atoms with Crippen LogP contribution in [0, 0.1) is 5.82 Å². The average Bonchev–Trinajstić information content (AvgIpc) is 2.46. The summed E-state index contributed by atoms with van der Waals surface area (Å²) in [4.78, 5) is 0.187. The van der Waals surface area contributed by atoms with Gasteiger partial charge in [-0.25, -0.2) is 4.39 Å². The zero-order valence-electron chi connectivity index (χ0n) is 11.2. The number of hydrogen-bond donors (Lipinski definition) is 1. The molecule has 0 aromatic heterocycles. The maximum atomic E-state index is 13.8. The SMILES string of the molecule is CCc1ccc(OCc2ccc(C(N)=S)cc2F)cc1. The Hall–Kier alpha value is -1.94. The van der Waals surface area contributed by atoms with Crippen LogP contribution in [0.25, 0.3) is 0 Å². The van der Waals surface area contributed by atoms with Gasteiger partial charge in [0.15, 0.2) is 0 Å². The summed E-state index contributed by atoms with van der Waals surface area (Å²) in [7, 11) is 0. The van der Waals surface area contributed by atoms with E-state index in [1.165, 1.54) is 11.6 Å². The molecule has 0 fully saturated rings. The Balaban J connectivity index is 2.04. The lowest BCUT2D eigenvalue weighted by atomic mass is 10.1. The minimum absolute atomic E-state index is 0.176. The predicted molar refractivity (Wildman–Crippen MR) is 82.4 cm³/mol. The molecule has 0 saturated carbocycles. The van der Waals surface area contributed by atoms with Crippen LogP contribution < -0.4 is 10.5 Å². The van der Waals surface area contributed by atoms with Crippen molar-refractivity contribution in [2.24, 2.45) is 5.73 Å². The van der Waals surface area contributed by atoms with E-state index in [-0.39, 0.29) is 17.4 Å². The maximum absolute atomic E-state index is 13.8. The smallest absolute Gasteiger partial charge is 0.130 e.